The number of hydrogen-bond acceptors (Lipinski definition) is 4. The number of aliphatic hydroxyl groups is 1. The fourth-order valence-electron chi connectivity index (χ4n) is 5.78. The van der Waals surface area contributed by atoms with Gasteiger partial charge in [0, 0.05) is 11.7 Å². The van der Waals surface area contributed by atoms with E-state index in [4.69, 9.17) is 5.73 Å². The number of anilines is 1. The number of nitrogen functional groups attached to an aromatic ring is 1. The maximum absolute atomic E-state index is 10.2. The number of aryl methyl sites for hydroxylation is 1. The van der Waals surface area contributed by atoms with E-state index in [1.54, 1.807) is 6.33 Å². The molecule has 1 aliphatic carbocycles. The van der Waals surface area contributed by atoms with Crippen molar-refractivity contribution in [3.05, 3.63) is 77.2 Å². The number of aromatic nitrogens is 3. The normalized spacial score (nSPS) is 18.5. The fourth-order valence-corrected chi connectivity index (χ4v) is 5.78. The number of aliphatic hydroxyl groups excluding tert-OH is 1. The molecule has 0 saturated heterocycles. The van der Waals surface area contributed by atoms with Gasteiger partial charge in [0.25, 0.3) is 0 Å². The molecule has 0 radical (unpaired) electrons. The highest BCUT2D eigenvalue weighted by atomic mass is 16.3. The summed E-state index contributed by atoms with van der Waals surface area (Å²) >= 11 is 0. The highest BCUT2D eigenvalue weighted by Gasteiger charge is 2.31. The Bertz CT molecular complexity index is 1520. The van der Waals surface area contributed by atoms with Crippen LogP contribution in [-0.4, -0.2) is 19.6 Å². The molecule has 32 heavy (non-hydrogen) atoms. The Labute approximate surface area is 186 Å². The molecule has 160 valence electrons. The van der Waals surface area contributed by atoms with Crippen LogP contribution < -0.4 is 5.73 Å². The van der Waals surface area contributed by atoms with E-state index in [0.717, 1.165) is 35.1 Å². The molecule has 1 aliphatic rings. The molecule has 0 bridgehead atoms. The Morgan fingerprint density at radius 3 is 2.72 bits per heavy atom. The van der Waals surface area contributed by atoms with Crippen LogP contribution in [-0.2, 0) is 19.4 Å². The average Bonchev–Trinajstić information content (AvgIpc) is 3.14. The van der Waals surface area contributed by atoms with Crippen LogP contribution in [0.1, 0.15) is 35.3 Å². The standard InChI is InChI=1S/C27H26N4O/c1-15-9-22-18(12-24(15)31-16(2)10-23-26(28)29-14-30-27(23)31)7-8-21-20-6-4-3-5-17(20)11-19(13-32)25(21)22/h3-8,10-11,14-15,24,32H,9,12-13H2,1-2H3,(H2,28,29,30). The molecule has 0 saturated carbocycles. The lowest BCUT2D eigenvalue weighted by molar-refractivity contribution is 0.283. The minimum atomic E-state index is 0.0488. The smallest absolute Gasteiger partial charge is 0.145 e. The third kappa shape index (κ3) is 2.67. The van der Waals surface area contributed by atoms with Crippen molar-refractivity contribution < 1.29 is 5.11 Å². The first kappa shape index (κ1) is 19.3. The van der Waals surface area contributed by atoms with Crippen LogP contribution in [0.4, 0.5) is 5.82 Å². The second-order valence-electron chi connectivity index (χ2n) is 9.15. The number of nitrogens with zero attached hydrogens (tertiary/aromatic N) is 3. The van der Waals surface area contributed by atoms with Gasteiger partial charge in [-0.15, -0.1) is 0 Å². The lowest BCUT2D eigenvalue weighted by Crippen LogP contribution is -2.27. The first-order valence-electron chi connectivity index (χ1n) is 11.2. The molecular weight excluding hydrogens is 396 g/mol. The number of benzene rings is 3. The minimum Gasteiger partial charge on any atom is -0.392 e. The molecule has 6 rings (SSSR count). The fraction of sp³-hybridized carbons (Fsp3) is 0.259. The highest BCUT2D eigenvalue weighted by Crippen LogP contribution is 2.42. The molecule has 0 spiro atoms. The topological polar surface area (TPSA) is 77.0 Å². The predicted molar refractivity (Wildman–Crippen MR) is 130 cm³/mol. The second-order valence-corrected chi connectivity index (χ2v) is 9.15. The molecule has 5 nitrogen and oxygen atoms in total. The van der Waals surface area contributed by atoms with Gasteiger partial charge < -0.3 is 15.4 Å². The van der Waals surface area contributed by atoms with Crippen LogP contribution in [0, 0.1) is 12.8 Å². The summed E-state index contributed by atoms with van der Waals surface area (Å²) in [5.41, 5.74) is 12.0. The van der Waals surface area contributed by atoms with Gasteiger partial charge in [-0.1, -0.05) is 43.3 Å². The van der Waals surface area contributed by atoms with E-state index >= 15 is 0 Å². The Hall–Kier alpha value is -3.44. The van der Waals surface area contributed by atoms with Gasteiger partial charge in [0.05, 0.1) is 12.0 Å². The third-order valence-corrected chi connectivity index (χ3v) is 7.28. The van der Waals surface area contributed by atoms with Gasteiger partial charge in [0.1, 0.15) is 17.8 Å². The van der Waals surface area contributed by atoms with E-state index in [2.05, 4.69) is 76.9 Å². The van der Waals surface area contributed by atoms with Crippen molar-refractivity contribution in [3.8, 4) is 0 Å². The highest BCUT2D eigenvalue weighted by molar-refractivity contribution is 6.10. The Morgan fingerprint density at radius 2 is 1.88 bits per heavy atom. The van der Waals surface area contributed by atoms with Crippen LogP contribution in [0.3, 0.4) is 0 Å². The van der Waals surface area contributed by atoms with Gasteiger partial charge in [-0.3, -0.25) is 0 Å². The summed E-state index contributed by atoms with van der Waals surface area (Å²) in [4.78, 5) is 8.75. The van der Waals surface area contributed by atoms with Crippen molar-refractivity contribution in [2.24, 2.45) is 5.92 Å². The summed E-state index contributed by atoms with van der Waals surface area (Å²) in [5, 5.41) is 16.0. The summed E-state index contributed by atoms with van der Waals surface area (Å²) in [6, 6.07) is 17.5. The number of rotatable bonds is 2. The molecule has 5 heteroatoms. The van der Waals surface area contributed by atoms with E-state index in [1.807, 2.05) is 0 Å². The van der Waals surface area contributed by atoms with Gasteiger partial charge in [-0.05, 0) is 76.1 Å². The zero-order chi connectivity index (χ0) is 22.0. The van der Waals surface area contributed by atoms with E-state index in [-0.39, 0.29) is 6.61 Å². The monoisotopic (exact) mass is 422 g/mol. The predicted octanol–water partition coefficient (Wildman–Crippen LogP) is 5.10. The molecule has 0 fully saturated rings. The Morgan fingerprint density at radius 1 is 1.03 bits per heavy atom. The van der Waals surface area contributed by atoms with Gasteiger partial charge >= 0.3 is 0 Å². The molecule has 2 aromatic heterocycles. The van der Waals surface area contributed by atoms with E-state index in [1.165, 1.54) is 32.7 Å². The van der Waals surface area contributed by atoms with Gasteiger partial charge in [0.2, 0.25) is 0 Å². The SMILES string of the molecule is Cc1cc2c(N)ncnc2n1C1Cc2ccc3c(c(CO)cc4ccccc43)c2CC1C. The van der Waals surface area contributed by atoms with Crippen molar-refractivity contribution in [2.75, 3.05) is 5.73 Å². The number of hydrogen-bond donors (Lipinski definition) is 2. The quantitative estimate of drug-likeness (QED) is 0.388. The molecule has 2 atom stereocenters. The van der Waals surface area contributed by atoms with Gasteiger partial charge in [-0.25, -0.2) is 9.97 Å². The van der Waals surface area contributed by atoms with E-state index in [9.17, 15) is 5.11 Å². The zero-order valence-electron chi connectivity index (χ0n) is 18.3. The molecule has 0 amide bonds. The average molecular weight is 423 g/mol. The molecular formula is C27H26N4O. The summed E-state index contributed by atoms with van der Waals surface area (Å²) < 4.78 is 2.35. The lowest BCUT2D eigenvalue weighted by atomic mass is 9.77. The molecule has 0 aliphatic heterocycles. The molecule has 5 aromatic rings. The lowest BCUT2D eigenvalue weighted by Gasteiger charge is -2.34. The van der Waals surface area contributed by atoms with Crippen LogP contribution >= 0.6 is 0 Å². The summed E-state index contributed by atoms with van der Waals surface area (Å²) in [6.07, 6.45) is 3.45. The van der Waals surface area contributed by atoms with E-state index in [0.29, 0.717) is 17.8 Å². The maximum atomic E-state index is 10.2. The van der Waals surface area contributed by atoms with Crippen molar-refractivity contribution in [1.29, 1.82) is 0 Å². The largest absolute Gasteiger partial charge is 0.392 e. The second kappa shape index (κ2) is 7.04. The van der Waals surface area contributed by atoms with Gasteiger partial charge in [-0.2, -0.15) is 0 Å². The van der Waals surface area contributed by atoms with Crippen LogP contribution in [0.2, 0.25) is 0 Å². The van der Waals surface area contributed by atoms with Crippen molar-refractivity contribution >= 4 is 38.4 Å². The van der Waals surface area contributed by atoms with Crippen LogP contribution in [0.15, 0.2) is 54.9 Å². The minimum absolute atomic E-state index is 0.0488. The van der Waals surface area contributed by atoms with Gasteiger partial charge in [0.15, 0.2) is 0 Å². The Kier molecular flexibility index (Phi) is 4.24. The molecule has 3 aromatic carbocycles. The molecule has 2 heterocycles. The first-order chi connectivity index (χ1) is 15.6. The zero-order valence-corrected chi connectivity index (χ0v) is 18.3. The summed E-state index contributed by atoms with van der Waals surface area (Å²) in [5.74, 6) is 0.947. The molecule has 3 N–H and O–H groups in total. The van der Waals surface area contributed by atoms with Crippen LogP contribution in [0.25, 0.3) is 32.6 Å². The van der Waals surface area contributed by atoms with E-state index < -0.39 is 0 Å². The third-order valence-electron chi connectivity index (χ3n) is 7.28. The maximum Gasteiger partial charge on any atom is 0.145 e. The number of nitrogens with two attached hydrogens (primary N) is 1. The first-order valence-corrected chi connectivity index (χ1v) is 11.2. The van der Waals surface area contributed by atoms with Crippen molar-refractivity contribution in [2.45, 2.75) is 39.3 Å². The Balaban J connectivity index is 1.55. The van der Waals surface area contributed by atoms with Crippen molar-refractivity contribution in [3.63, 3.8) is 0 Å². The summed E-state index contributed by atoms with van der Waals surface area (Å²) in [6.45, 7) is 4.49. The molecule has 2 unspecified atom stereocenters. The van der Waals surface area contributed by atoms with Crippen LogP contribution in [0.5, 0.6) is 0 Å². The summed E-state index contributed by atoms with van der Waals surface area (Å²) in [7, 11) is 0. The van der Waals surface area contributed by atoms with Crippen molar-refractivity contribution in [1.82, 2.24) is 14.5 Å². The number of fused-ring (bicyclic) bond motifs is 6.